The van der Waals surface area contributed by atoms with Crippen molar-refractivity contribution in [2.45, 2.75) is 45.7 Å². The fraction of sp³-hybridized carbons (Fsp3) is 0.450. The van der Waals surface area contributed by atoms with E-state index >= 15 is 0 Å². The average molecular weight is 403 g/mol. The minimum absolute atomic E-state index is 0.152. The number of hydrogen-bond donors (Lipinski definition) is 2. The number of benzene rings is 1. The van der Waals surface area contributed by atoms with Crippen LogP contribution in [0.25, 0.3) is 0 Å². The van der Waals surface area contributed by atoms with Crippen LogP contribution in [-0.4, -0.2) is 28.1 Å². The van der Waals surface area contributed by atoms with Crippen molar-refractivity contribution < 1.29 is 9.18 Å². The van der Waals surface area contributed by atoms with Crippen LogP contribution in [0, 0.1) is 5.82 Å². The van der Waals surface area contributed by atoms with Gasteiger partial charge in [0.05, 0.1) is 0 Å². The predicted octanol–water partition coefficient (Wildman–Crippen LogP) is 1.77. The van der Waals surface area contributed by atoms with Crippen molar-refractivity contribution in [3.05, 3.63) is 50.9 Å². The molecule has 1 aromatic heterocycles. The Morgan fingerprint density at radius 2 is 1.76 bits per heavy atom. The minimum Gasteiger partial charge on any atom is -0.383 e. The van der Waals surface area contributed by atoms with Crippen molar-refractivity contribution in [2.75, 3.05) is 29.0 Å². The number of nitrogens with zero attached hydrogens (tertiary/aromatic N) is 3. The lowest BCUT2D eigenvalue weighted by molar-refractivity contribution is -0.116. The SMILES string of the molecule is CCCn1c(N)c(N2CCCCC2)c(=O)n(CC(=O)Nc2ccc(F)cc2)c1=O. The fourth-order valence-corrected chi connectivity index (χ4v) is 3.57. The molecule has 1 fully saturated rings. The van der Waals surface area contributed by atoms with Crippen molar-refractivity contribution in [1.82, 2.24) is 9.13 Å². The normalized spacial score (nSPS) is 14.1. The number of nitrogen functional groups attached to an aromatic ring is 1. The number of carbonyl (C=O) groups is 1. The van der Waals surface area contributed by atoms with Gasteiger partial charge in [0.15, 0.2) is 0 Å². The topological polar surface area (TPSA) is 102 Å². The predicted molar refractivity (Wildman–Crippen MR) is 111 cm³/mol. The summed E-state index contributed by atoms with van der Waals surface area (Å²) in [6.07, 6.45) is 3.62. The molecule has 29 heavy (non-hydrogen) atoms. The highest BCUT2D eigenvalue weighted by Gasteiger charge is 2.24. The Balaban J connectivity index is 1.97. The number of rotatable bonds is 6. The quantitative estimate of drug-likeness (QED) is 0.765. The molecule has 9 heteroatoms. The molecule has 1 amide bonds. The van der Waals surface area contributed by atoms with Crippen LogP contribution >= 0.6 is 0 Å². The van der Waals surface area contributed by atoms with Crippen molar-refractivity contribution in [1.29, 1.82) is 0 Å². The molecule has 2 heterocycles. The van der Waals surface area contributed by atoms with Gasteiger partial charge in [-0.2, -0.15) is 0 Å². The zero-order chi connectivity index (χ0) is 21.0. The summed E-state index contributed by atoms with van der Waals surface area (Å²) in [5, 5.41) is 2.58. The van der Waals surface area contributed by atoms with E-state index in [1.54, 1.807) is 0 Å². The molecule has 1 aliphatic rings. The van der Waals surface area contributed by atoms with Gasteiger partial charge in [-0.25, -0.2) is 13.8 Å². The molecule has 1 aromatic carbocycles. The van der Waals surface area contributed by atoms with E-state index in [-0.39, 0.29) is 11.5 Å². The van der Waals surface area contributed by atoms with Gasteiger partial charge in [-0.15, -0.1) is 0 Å². The Morgan fingerprint density at radius 3 is 2.38 bits per heavy atom. The lowest BCUT2D eigenvalue weighted by Crippen LogP contribution is -2.47. The smallest absolute Gasteiger partial charge is 0.333 e. The maximum absolute atomic E-state index is 13.1. The van der Waals surface area contributed by atoms with E-state index in [9.17, 15) is 18.8 Å². The van der Waals surface area contributed by atoms with E-state index in [1.807, 2.05) is 11.8 Å². The summed E-state index contributed by atoms with van der Waals surface area (Å²) in [6.45, 7) is 3.19. The first-order chi connectivity index (χ1) is 13.9. The summed E-state index contributed by atoms with van der Waals surface area (Å²) < 4.78 is 15.3. The molecule has 0 aliphatic carbocycles. The third-order valence-electron chi connectivity index (χ3n) is 4.99. The first-order valence-corrected chi connectivity index (χ1v) is 9.86. The summed E-state index contributed by atoms with van der Waals surface area (Å²) in [6, 6.07) is 5.25. The average Bonchev–Trinajstić information content (AvgIpc) is 2.71. The third kappa shape index (κ3) is 4.49. The fourth-order valence-electron chi connectivity index (χ4n) is 3.57. The number of halogens is 1. The summed E-state index contributed by atoms with van der Waals surface area (Å²) in [7, 11) is 0. The van der Waals surface area contributed by atoms with E-state index in [4.69, 9.17) is 5.73 Å². The molecule has 0 radical (unpaired) electrons. The van der Waals surface area contributed by atoms with E-state index in [2.05, 4.69) is 5.32 Å². The van der Waals surface area contributed by atoms with Gasteiger partial charge in [-0.1, -0.05) is 6.92 Å². The highest BCUT2D eigenvalue weighted by Crippen LogP contribution is 2.21. The van der Waals surface area contributed by atoms with E-state index in [0.717, 1.165) is 23.8 Å². The van der Waals surface area contributed by atoms with Crippen LogP contribution in [-0.2, 0) is 17.9 Å². The van der Waals surface area contributed by atoms with Crippen LogP contribution in [0.5, 0.6) is 0 Å². The number of aromatic nitrogens is 2. The summed E-state index contributed by atoms with van der Waals surface area (Å²) in [4.78, 5) is 40.3. The monoisotopic (exact) mass is 403 g/mol. The molecule has 0 saturated carbocycles. The first kappa shape index (κ1) is 20.6. The first-order valence-electron chi connectivity index (χ1n) is 9.86. The second-order valence-electron chi connectivity index (χ2n) is 7.16. The second kappa shape index (κ2) is 8.93. The molecular weight excluding hydrogens is 377 g/mol. The standard InChI is InChI=1S/C20H26FN5O3/c1-2-10-25-18(22)17(24-11-4-3-5-12-24)19(28)26(20(25)29)13-16(27)23-15-8-6-14(21)7-9-15/h6-9H,2-5,10-13,22H2,1H3,(H,23,27). The van der Waals surface area contributed by atoms with Crippen LogP contribution in [0.1, 0.15) is 32.6 Å². The molecule has 0 spiro atoms. The molecular formula is C20H26FN5O3. The Labute approximate surface area is 167 Å². The number of nitrogens with two attached hydrogens (primary N) is 1. The zero-order valence-corrected chi connectivity index (χ0v) is 16.5. The highest BCUT2D eigenvalue weighted by atomic mass is 19.1. The lowest BCUT2D eigenvalue weighted by Gasteiger charge is -2.30. The van der Waals surface area contributed by atoms with Crippen molar-refractivity contribution in [2.24, 2.45) is 0 Å². The number of carbonyl (C=O) groups excluding carboxylic acids is 1. The van der Waals surface area contributed by atoms with Gasteiger partial charge in [0.25, 0.3) is 5.56 Å². The summed E-state index contributed by atoms with van der Waals surface area (Å²) in [5.41, 5.74) is 5.71. The maximum atomic E-state index is 13.1. The van der Waals surface area contributed by atoms with Crippen LogP contribution in [0.3, 0.4) is 0 Å². The number of amides is 1. The Morgan fingerprint density at radius 1 is 1.10 bits per heavy atom. The van der Waals surface area contributed by atoms with Crippen molar-refractivity contribution in [3.63, 3.8) is 0 Å². The van der Waals surface area contributed by atoms with Gasteiger partial charge in [0.1, 0.15) is 23.9 Å². The third-order valence-corrected chi connectivity index (χ3v) is 4.99. The molecule has 0 atom stereocenters. The minimum atomic E-state index is -0.607. The van der Waals surface area contributed by atoms with Gasteiger partial charge >= 0.3 is 5.69 Å². The molecule has 1 aliphatic heterocycles. The van der Waals surface area contributed by atoms with Gasteiger partial charge in [-0.3, -0.25) is 14.2 Å². The Bertz CT molecular complexity index is 991. The van der Waals surface area contributed by atoms with Crippen LogP contribution in [0.2, 0.25) is 0 Å². The molecule has 0 unspecified atom stereocenters. The molecule has 3 N–H and O–H groups in total. The van der Waals surface area contributed by atoms with Crippen molar-refractivity contribution >= 4 is 23.1 Å². The highest BCUT2D eigenvalue weighted by molar-refractivity contribution is 5.90. The summed E-state index contributed by atoms with van der Waals surface area (Å²) in [5.74, 6) is -0.821. The largest absolute Gasteiger partial charge is 0.383 e. The summed E-state index contributed by atoms with van der Waals surface area (Å²) >= 11 is 0. The Hall–Kier alpha value is -3.10. The van der Waals surface area contributed by atoms with Gasteiger partial charge in [0.2, 0.25) is 5.91 Å². The molecule has 0 bridgehead atoms. The maximum Gasteiger partial charge on any atom is 0.333 e. The van der Waals surface area contributed by atoms with E-state index in [1.165, 1.54) is 28.8 Å². The second-order valence-corrected chi connectivity index (χ2v) is 7.16. The van der Waals surface area contributed by atoms with Crippen LogP contribution in [0.4, 0.5) is 21.6 Å². The van der Waals surface area contributed by atoms with Gasteiger partial charge < -0.3 is 16.0 Å². The van der Waals surface area contributed by atoms with Gasteiger partial charge in [0, 0.05) is 25.3 Å². The van der Waals surface area contributed by atoms with E-state index < -0.39 is 29.5 Å². The molecule has 8 nitrogen and oxygen atoms in total. The van der Waals surface area contributed by atoms with Gasteiger partial charge in [-0.05, 0) is 49.9 Å². The number of hydrogen-bond acceptors (Lipinski definition) is 5. The number of piperidine rings is 1. The van der Waals surface area contributed by atoms with Crippen LogP contribution < -0.4 is 27.2 Å². The van der Waals surface area contributed by atoms with E-state index in [0.29, 0.717) is 31.7 Å². The Kier molecular flexibility index (Phi) is 6.36. The van der Waals surface area contributed by atoms with Crippen LogP contribution in [0.15, 0.2) is 33.9 Å². The van der Waals surface area contributed by atoms with Crippen molar-refractivity contribution in [3.8, 4) is 0 Å². The lowest BCUT2D eigenvalue weighted by atomic mass is 10.1. The molecule has 1 saturated heterocycles. The molecule has 2 aromatic rings. The number of anilines is 3. The molecule has 156 valence electrons. The zero-order valence-electron chi connectivity index (χ0n) is 16.5. The molecule has 3 rings (SSSR count). The number of nitrogens with one attached hydrogen (secondary N) is 1.